The van der Waals surface area contributed by atoms with Gasteiger partial charge in [0.2, 0.25) is 10.0 Å². The van der Waals surface area contributed by atoms with Crippen molar-refractivity contribution in [2.45, 2.75) is 95.8 Å². The second kappa shape index (κ2) is 16.3. The fourth-order valence-corrected chi connectivity index (χ4v) is 6.54. The molecule has 2 fully saturated rings. The number of nitrogens with zero attached hydrogens (tertiary/aromatic N) is 1. The summed E-state index contributed by atoms with van der Waals surface area (Å²) in [5, 5.41) is 28.0. The zero-order valence-corrected chi connectivity index (χ0v) is 27.6. The second-order valence-electron chi connectivity index (χ2n) is 12.4. The summed E-state index contributed by atoms with van der Waals surface area (Å²) in [7, 11) is -3.44. The number of anilines is 2. The Morgan fingerprint density at radius 1 is 1.02 bits per heavy atom. The Kier molecular flexibility index (Phi) is 12.6. The lowest BCUT2D eigenvalue weighted by atomic mass is 10.0. The number of aromatic hydroxyl groups is 2. The van der Waals surface area contributed by atoms with E-state index in [-0.39, 0.29) is 36.2 Å². The summed E-state index contributed by atoms with van der Waals surface area (Å²) in [6, 6.07) is 11.7. The Morgan fingerprint density at radius 2 is 1.71 bits per heavy atom. The number of rotatable bonds is 16. The average Bonchev–Trinajstić information content (AvgIpc) is 3.83. The predicted octanol–water partition coefficient (Wildman–Crippen LogP) is 5.35. The highest BCUT2D eigenvalue weighted by Gasteiger charge is 2.28. The number of phenols is 2. The van der Waals surface area contributed by atoms with Gasteiger partial charge in [-0.25, -0.2) is 13.2 Å². The van der Waals surface area contributed by atoms with Crippen molar-refractivity contribution in [3.8, 4) is 11.5 Å². The number of esters is 1. The number of ether oxygens (including phenoxy) is 1. The van der Waals surface area contributed by atoms with Crippen molar-refractivity contribution in [3.05, 3.63) is 59.7 Å². The van der Waals surface area contributed by atoms with Crippen molar-refractivity contribution in [2.75, 3.05) is 35.6 Å². The molecule has 4 rings (SSSR count). The standard InChI is InChI=1S/C34H50N4O6S/c1-4-20-38(31-18-15-29(22-32(31)40)37-45(3,42)43)23-26(5-2)35-27-7-6-8-28(14-13-27)36-33(25-11-16-30(39)17-12-25)34(41)44-21-19-24-9-10-24/h11-12,15-19,22,26-28,33,35-37,39-40H,4-10,13-14,20-21,23H2,1-3H3/t26-,27?,28-,33+/m0/s1. The van der Waals surface area contributed by atoms with Gasteiger partial charge in [0.25, 0.3) is 0 Å². The van der Waals surface area contributed by atoms with Crippen LogP contribution in [0.1, 0.15) is 83.2 Å². The molecule has 0 aromatic heterocycles. The van der Waals surface area contributed by atoms with Crippen LogP contribution in [0.3, 0.4) is 0 Å². The molecule has 2 aromatic carbocycles. The maximum absolute atomic E-state index is 13.2. The number of hydrogen-bond donors (Lipinski definition) is 5. The van der Waals surface area contributed by atoms with E-state index in [9.17, 15) is 23.4 Å². The van der Waals surface area contributed by atoms with Crippen LogP contribution in [0.2, 0.25) is 0 Å². The Balaban J connectivity index is 1.36. The van der Waals surface area contributed by atoms with E-state index >= 15 is 0 Å². The van der Waals surface area contributed by atoms with Gasteiger partial charge in [0, 0.05) is 37.3 Å². The predicted molar refractivity (Wildman–Crippen MR) is 179 cm³/mol. The number of carbonyl (C=O) groups is 1. The van der Waals surface area contributed by atoms with E-state index in [4.69, 9.17) is 4.74 Å². The molecule has 0 amide bonds. The molecule has 10 nitrogen and oxygen atoms in total. The SMILES string of the molecule is CCCN(C[C@H](CC)NC1CCC[C@H](N[C@@H](C(=O)OCC=C2CC2)c2ccc(O)cc2)CC1)c1ccc(NS(C)(=O)=O)cc1O. The maximum Gasteiger partial charge on any atom is 0.328 e. The summed E-state index contributed by atoms with van der Waals surface area (Å²) in [6.45, 7) is 6.01. The van der Waals surface area contributed by atoms with Crippen molar-refractivity contribution in [3.63, 3.8) is 0 Å². The third kappa shape index (κ3) is 11.2. The largest absolute Gasteiger partial charge is 0.508 e. The average molecular weight is 643 g/mol. The minimum atomic E-state index is -3.44. The Bertz CT molecular complexity index is 1390. The van der Waals surface area contributed by atoms with E-state index in [1.807, 2.05) is 6.08 Å². The molecule has 0 aliphatic heterocycles. The molecular weight excluding hydrogens is 592 g/mol. The fraction of sp³-hybridized carbons (Fsp3) is 0.559. The zero-order valence-electron chi connectivity index (χ0n) is 26.8. The minimum Gasteiger partial charge on any atom is -0.508 e. The minimum absolute atomic E-state index is 0.0428. The van der Waals surface area contributed by atoms with Crippen LogP contribution in [0.4, 0.5) is 11.4 Å². The molecule has 2 saturated carbocycles. The van der Waals surface area contributed by atoms with Crippen LogP contribution in [0.25, 0.3) is 0 Å². The molecule has 248 valence electrons. The second-order valence-corrected chi connectivity index (χ2v) is 14.1. The number of carbonyl (C=O) groups excluding carboxylic acids is 1. The molecule has 2 aliphatic rings. The van der Waals surface area contributed by atoms with Gasteiger partial charge in [0.1, 0.15) is 24.1 Å². The van der Waals surface area contributed by atoms with Gasteiger partial charge in [0.15, 0.2) is 0 Å². The smallest absolute Gasteiger partial charge is 0.328 e. The van der Waals surface area contributed by atoms with E-state index in [1.54, 1.807) is 36.4 Å². The number of hydrogen-bond acceptors (Lipinski definition) is 9. The van der Waals surface area contributed by atoms with Crippen LogP contribution in [-0.2, 0) is 19.6 Å². The molecule has 4 atom stereocenters. The van der Waals surface area contributed by atoms with E-state index in [0.717, 1.165) is 76.2 Å². The summed E-state index contributed by atoms with van der Waals surface area (Å²) in [5.41, 5.74) is 3.13. The van der Waals surface area contributed by atoms with E-state index in [2.05, 4.69) is 34.1 Å². The molecule has 11 heteroatoms. The third-order valence-electron chi connectivity index (χ3n) is 8.49. The summed E-state index contributed by atoms with van der Waals surface area (Å²) >= 11 is 0. The molecule has 0 heterocycles. The third-order valence-corrected chi connectivity index (χ3v) is 9.09. The summed E-state index contributed by atoms with van der Waals surface area (Å²) < 4.78 is 31.3. The molecule has 5 N–H and O–H groups in total. The lowest BCUT2D eigenvalue weighted by Crippen LogP contribution is -2.46. The van der Waals surface area contributed by atoms with Crippen molar-refractivity contribution in [1.82, 2.24) is 10.6 Å². The van der Waals surface area contributed by atoms with Gasteiger partial charge in [-0.2, -0.15) is 0 Å². The maximum atomic E-state index is 13.2. The van der Waals surface area contributed by atoms with Crippen molar-refractivity contribution < 1.29 is 28.2 Å². The van der Waals surface area contributed by atoms with Crippen LogP contribution < -0.4 is 20.3 Å². The quantitative estimate of drug-likeness (QED) is 0.0931. The summed E-state index contributed by atoms with van der Waals surface area (Å²) in [4.78, 5) is 15.3. The molecule has 0 bridgehead atoms. The number of benzene rings is 2. The van der Waals surface area contributed by atoms with Crippen molar-refractivity contribution in [2.24, 2.45) is 0 Å². The first kappa shape index (κ1) is 34.6. The van der Waals surface area contributed by atoms with Gasteiger partial charge in [-0.3, -0.25) is 10.0 Å². The van der Waals surface area contributed by atoms with Gasteiger partial charge in [0.05, 0.1) is 17.6 Å². The van der Waals surface area contributed by atoms with Gasteiger partial charge in [-0.05, 0) is 87.3 Å². The molecule has 0 saturated heterocycles. The Labute approximate surface area is 268 Å². The highest BCUT2D eigenvalue weighted by atomic mass is 32.2. The van der Waals surface area contributed by atoms with Crippen LogP contribution in [0, 0.1) is 0 Å². The lowest BCUT2D eigenvalue weighted by Gasteiger charge is -2.32. The van der Waals surface area contributed by atoms with Gasteiger partial charge in [-0.1, -0.05) is 38.0 Å². The molecule has 0 radical (unpaired) electrons. The topological polar surface area (TPSA) is 140 Å². The lowest BCUT2D eigenvalue weighted by molar-refractivity contribution is -0.145. The summed E-state index contributed by atoms with van der Waals surface area (Å²) in [5.74, 6) is -0.101. The van der Waals surface area contributed by atoms with Gasteiger partial charge in [-0.15, -0.1) is 0 Å². The first-order valence-electron chi connectivity index (χ1n) is 16.3. The van der Waals surface area contributed by atoms with E-state index < -0.39 is 16.1 Å². The first-order valence-corrected chi connectivity index (χ1v) is 18.1. The number of phenolic OH excluding ortho intramolecular Hbond substituents is 2. The van der Waals surface area contributed by atoms with Crippen LogP contribution in [0.5, 0.6) is 11.5 Å². The van der Waals surface area contributed by atoms with Crippen molar-refractivity contribution >= 4 is 27.4 Å². The van der Waals surface area contributed by atoms with Gasteiger partial charge >= 0.3 is 5.97 Å². The van der Waals surface area contributed by atoms with Crippen LogP contribution in [-0.4, -0.2) is 68.7 Å². The highest BCUT2D eigenvalue weighted by molar-refractivity contribution is 7.92. The normalized spacial score (nSPS) is 19.7. The molecule has 2 aromatic rings. The molecule has 1 unspecified atom stereocenters. The zero-order chi connectivity index (χ0) is 32.4. The summed E-state index contributed by atoms with van der Waals surface area (Å²) in [6.07, 6.45) is 11.9. The number of allylic oxidation sites excluding steroid dienone is 1. The van der Waals surface area contributed by atoms with E-state index in [1.165, 1.54) is 11.6 Å². The van der Waals surface area contributed by atoms with E-state index in [0.29, 0.717) is 24.0 Å². The molecular formula is C34H50N4O6S. The Morgan fingerprint density at radius 3 is 2.31 bits per heavy atom. The Hall–Kier alpha value is -3.28. The monoisotopic (exact) mass is 642 g/mol. The number of nitrogens with one attached hydrogen (secondary N) is 3. The van der Waals surface area contributed by atoms with Crippen molar-refractivity contribution in [1.29, 1.82) is 0 Å². The van der Waals surface area contributed by atoms with Gasteiger partial charge < -0.3 is 25.2 Å². The fourth-order valence-electron chi connectivity index (χ4n) is 5.99. The molecule has 2 aliphatic carbocycles. The molecule has 0 spiro atoms. The molecule has 45 heavy (non-hydrogen) atoms. The first-order chi connectivity index (χ1) is 21.5. The highest BCUT2D eigenvalue weighted by Crippen LogP contribution is 2.32. The van der Waals surface area contributed by atoms with Crippen LogP contribution >= 0.6 is 0 Å². The number of sulfonamides is 1. The van der Waals surface area contributed by atoms with Crippen LogP contribution in [0.15, 0.2) is 54.1 Å².